The van der Waals surface area contributed by atoms with Gasteiger partial charge in [0, 0.05) is 23.5 Å². The fraction of sp³-hybridized carbons (Fsp3) is 0.600. The Bertz CT molecular complexity index is 475. The third-order valence-corrected chi connectivity index (χ3v) is 5.40. The van der Waals surface area contributed by atoms with E-state index in [1.807, 2.05) is 25.1 Å². The highest BCUT2D eigenvalue weighted by molar-refractivity contribution is 7.90. The van der Waals surface area contributed by atoms with Crippen LogP contribution in [0.4, 0.5) is 4.39 Å². The van der Waals surface area contributed by atoms with Crippen molar-refractivity contribution < 1.29 is 13.7 Å². The summed E-state index contributed by atoms with van der Waals surface area (Å²) < 4.78 is 33.2. The van der Waals surface area contributed by atoms with E-state index >= 15 is 0 Å². The van der Waals surface area contributed by atoms with Crippen molar-refractivity contribution in [1.82, 2.24) is 4.31 Å². The Balaban J connectivity index is 2.34. The number of hydrogen-bond acceptors (Lipinski definition) is 3. The van der Waals surface area contributed by atoms with Gasteiger partial charge in [0.15, 0.2) is 0 Å². The second kappa shape index (κ2) is 5.92. The summed E-state index contributed by atoms with van der Waals surface area (Å²) in [6.07, 6.45) is 1.84. The molecular weight excluding hydrogens is 277 g/mol. The first kappa shape index (κ1) is 15.6. The lowest BCUT2D eigenvalue weighted by Crippen LogP contribution is -2.42. The highest BCUT2D eigenvalue weighted by Gasteiger charge is 2.42. The monoisotopic (exact) mass is 299 g/mol. The van der Waals surface area contributed by atoms with Crippen LogP contribution in [-0.2, 0) is 11.4 Å². The van der Waals surface area contributed by atoms with E-state index in [-0.39, 0.29) is 16.6 Å². The molecule has 1 aliphatic heterocycles. The van der Waals surface area contributed by atoms with Crippen molar-refractivity contribution in [1.29, 1.82) is 0 Å². The molecule has 0 aromatic heterocycles. The lowest BCUT2D eigenvalue weighted by Gasteiger charge is -2.34. The second-order valence-corrected chi connectivity index (χ2v) is 8.24. The van der Waals surface area contributed by atoms with Crippen LogP contribution in [0, 0.1) is 5.82 Å². The molecule has 1 unspecified atom stereocenters. The number of ether oxygens (including phenoxy) is 1. The van der Waals surface area contributed by atoms with E-state index in [1.54, 1.807) is 13.2 Å². The summed E-state index contributed by atoms with van der Waals surface area (Å²) in [5.41, 5.74) is 0.794. The number of benzene rings is 1. The zero-order chi connectivity index (χ0) is 14.9. The summed E-state index contributed by atoms with van der Waals surface area (Å²) in [5, 5.41) is 0. The third kappa shape index (κ3) is 3.10. The van der Waals surface area contributed by atoms with Crippen molar-refractivity contribution in [2.45, 2.75) is 44.4 Å². The van der Waals surface area contributed by atoms with Gasteiger partial charge in [0.2, 0.25) is 0 Å². The molecule has 0 radical (unpaired) electrons. The highest BCUT2D eigenvalue weighted by Crippen LogP contribution is 2.41. The molecule has 1 heterocycles. The van der Waals surface area contributed by atoms with Crippen molar-refractivity contribution in [2.75, 3.05) is 13.7 Å². The molecule has 1 aliphatic rings. The van der Waals surface area contributed by atoms with Crippen LogP contribution < -0.4 is 4.74 Å². The minimum atomic E-state index is -1.10. The average Bonchev–Trinajstić information content (AvgIpc) is 2.85. The van der Waals surface area contributed by atoms with E-state index in [0.717, 1.165) is 24.9 Å². The maximum atomic E-state index is 13.5. The molecule has 20 heavy (non-hydrogen) atoms. The number of hydrogen-bond donors (Lipinski definition) is 0. The zero-order valence-corrected chi connectivity index (χ0v) is 13.3. The Morgan fingerprint density at radius 1 is 1.40 bits per heavy atom. The summed E-state index contributed by atoms with van der Waals surface area (Å²) >= 11 is -1.10. The first-order chi connectivity index (χ1) is 9.34. The fourth-order valence-electron chi connectivity index (χ4n) is 2.57. The number of halogens is 1. The molecule has 1 fully saturated rings. The van der Waals surface area contributed by atoms with Crippen molar-refractivity contribution >= 4 is 11.4 Å². The predicted molar refractivity (Wildman–Crippen MR) is 79.5 cm³/mol. The van der Waals surface area contributed by atoms with Crippen LogP contribution in [0.2, 0.25) is 0 Å². The van der Waals surface area contributed by atoms with Crippen LogP contribution in [0.15, 0.2) is 18.2 Å². The molecule has 2 atom stereocenters. The van der Waals surface area contributed by atoms with E-state index in [2.05, 4.69) is 0 Å². The zero-order valence-electron chi connectivity index (χ0n) is 12.5. The molecule has 1 saturated heterocycles. The Kier molecular flexibility index (Phi) is 4.62. The van der Waals surface area contributed by atoms with Gasteiger partial charge in [-0.3, -0.25) is 0 Å². The molecule has 0 spiro atoms. The van der Waals surface area contributed by atoms with Gasteiger partial charge in [-0.1, -0.05) is 0 Å². The summed E-state index contributed by atoms with van der Waals surface area (Å²) in [7, 11) is 1.58. The lowest BCUT2D eigenvalue weighted by atomic mass is 10.0. The van der Waals surface area contributed by atoms with Gasteiger partial charge in [-0.25, -0.2) is 4.39 Å². The molecule has 0 N–H and O–H groups in total. The standard InChI is InChI=1S/C15H22FNO2S/c1-15(2,3)20(18)17-9-5-6-13(17)12-10-11(16)7-8-14(12)19-4/h7-8,10,13H,5-6,9H2,1-4H3/t13-,20?/m1/s1. The van der Waals surface area contributed by atoms with Gasteiger partial charge in [0.25, 0.3) is 0 Å². The lowest BCUT2D eigenvalue weighted by molar-refractivity contribution is 0.356. The first-order valence-corrected chi connectivity index (χ1v) is 7.97. The average molecular weight is 299 g/mol. The highest BCUT2D eigenvalue weighted by atomic mass is 32.2. The maximum absolute atomic E-state index is 13.5. The van der Waals surface area contributed by atoms with Crippen LogP contribution in [-0.4, -0.2) is 27.3 Å². The van der Waals surface area contributed by atoms with Crippen LogP contribution in [0.3, 0.4) is 0 Å². The molecular formula is C15H22FNO2S. The van der Waals surface area contributed by atoms with Gasteiger partial charge in [-0.2, -0.15) is 0 Å². The van der Waals surface area contributed by atoms with E-state index in [0.29, 0.717) is 5.75 Å². The third-order valence-electron chi connectivity index (χ3n) is 3.49. The number of rotatable bonds is 3. The summed E-state index contributed by atoms with van der Waals surface area (Å²) in [5.74, 6) is 0.378. The number of nitrogens with zero attached hydrogens (tertiary/aromatic N) is 1. The molecule has 112 valence electrons. The fourth-order valence-corrected chi connectivity index (χ4v) is 4.02. The number of methoxy groups -OCH3 is 1. The normalized spacial score (nSPS) is 22.0. The summed E-state index contributed by atoms with van der Waals surface area (Å²) in [6.45, 7) is 6.65. The van der Waals surface area contributed by atoms with Gasteiger partial charge in [-0.05, 0) is 51.8 Å². The molecule has 0 saturated carbocycles. The largest absolute Gasteiger partial charge is 0.597 e. The second-order valence-electron chi connectivity index (χ2n) is 6.05. The molecule has 2 rings (SSSR count). The van der Waals surface area contributed by atoms with Gasteiger partial charge in [-0.15, -0.1) is 4.31 Å². The predicted octanol–water partition coefficient (Wildman–Crippen LogP) is 3.43. The Morgan fingerprint density at radius 3 is 2.70 bits per heavy atom. The van der Waals surface area contributed by atoms with Crippen molar-refractivity contribution in [3.05, 3.63) is 29.6 Å². The van der Waals surface area contributed by atoms with Crippen LogP contribution >= 0.6 is 0 Å². The Labute approximate surface area is 123 Å². The van der Waals surface area contributed by atoms with Gasteiger partial charge in [0.05, 0.1) is 13.2 Å². The van der Waals surface area contributed by atoms with Gasteiger partial charge >= 0.3 is 0 Å². The first-order valence-electron chi connectivity index (χ1n) is 6.86. The van der Waals surface area contributed by atoms with Gasteiger partial charge < -0.3 is 9.29 Å². The molecule has 1 aromatic rings. The Morgan fingerprint density at radius 2 is 2.10 bits per heavy atom. The van der Waals surface area contributed by atoms with Crippen molar-refractivity contribution in [3.63, 3.8) is 0 Å². The minimum absolute atomic E-state index is 0.0410. The molecule has 0 aliphatic carbocycles. The summed E-state index contributed by atoms with van der Waals surface area (Å²) in [4.78, 5) is 0. The molecule has 5 heteroatoms. The van der Waals surface area contributed by atoms with Crippen LogP contribution in [0.5, 0.6) is 5.75 Å². The molecule has 0 amide bonds. The Hall–Kier alpha value is -0.780. The maximum Gasteiger partial charge on any atom is 0.137 e. The summed E-state index contributed by atoms with van der Waals surface area (Å²) in [6, 6.07) is 4.49. The van der Waals surface area contributed by atoms with Crippen LogP contribution in [0.25, 0.3) is 0 Å². The SMILES string of the molecule is COc1ccc(F)cc1[C@H]1CCCN1[S+]([O-])C(C)(C)C. The quantitative estimate of drug-likeness (QED) is 0.802. The van der Waals surface area contributed by atoms with E-state index < -0.39 is 11.4 Å². The van der Waals surface area contributed by atoms with E-state index in [1.165, 1.54) is 12.1 Å². The molecule has 0 bridgehead atoms. The van der Waals surface area contributed by atoms with E-state index in [9.17, 15) is 8.94 Å². The topological polar surface area (TPSA) is 35.5 Å². The van der Waals surface area contributed by atoms with Crippen molar-refractivity contribution in [2.24, 2.45) is 0 Å². The van der Waals surface area contributed by atoms with Crippen LogP contribution in [0.1, 0.15) is 45.2 Å². The van der Waals surface area contributed by atoms with Gasteiger partial charge in [0.1, 0.15) is 16.3 Å². The molecule has 3 nitrogen and oxygen atoms in total. The molecule has 1 aromatic carbocycles. The minimum Gasteiger partial charge on any atom is -0.597 e. The van der Waals surface area contributed by atoms with Crippen molar-refractivity contribution in [3.8, 4) is 5.75 Å². The van der Waals surface area contributed by atoms with E-state index in [4.69, 9.17) is 4.74 Å². The smallest absolute Gasteiger partial charge is 0.137 e.